The number of carbonyl (C=O) groups excluding carboxylic acids is 1. The Morgan fingerprint density at radius 2 is 1.74 bits per heavy atom. The van der Waals surface area contributed by atoms with E-state index in [9.17, 15) is 4.79 Å². The summed E-state index contributed by atoms with van der Waals surface area (Å²) in [6.45, 7) is 12.4. The van der Waals surface area contributed by atoms with Crippen LogP contribution in [0.3, 0.4) is 0 Å². The largest absolute Gasteiger partial charge is 0.465 e. The van der Waals surface area contributed by atoms with E-state index in [-0.39, 0.29) is 5.97 Å². The van der Waals surface area contributed by atoms with Crippen molar-refractivity contribution in [2.75, 3.05) is 6.61 Å². The lowest BCUT2D eigenvalue weighted by atomic mass is 9.45. The van der Waals surface area contributed by atoms with Gasteiger partial charge in [0.05, 0.1) is 24.7 Å². The summed E-state index contributed by atoms with van der Waals surface area (Å²) in [6.07, 6.45) is 12.8. The average Bonchev–Trinajstić information content (AvgIpc) is 3.19. The molecule has 1 aromatic carbocycles. The van der Waals surface area contributed by atoms with Crippen molar-refractivity contribution in [1.82, 2.24) is 0 Å². The fraction of sp³-hybridized carbons (Fsp3) is 0.719. The van der Waals surface area contributed by atoms with Crippen LogP contribution in [0.1, 0.15) is 91.5 Å². The van der Waals surface area contributed by atoms with Crippen LogP contribution in [0.15, 0.2) is 42.0 Å². The molecule has 1 aromatic rings. The Bertz CT molecular complexity index is 949. The summed E-state index contributed by atoms with van der Waals surface area (Å²) in [5.41, 5.74) is 2.78. The van der Waals surface area contributed by atoms with Crippen LogP contribution in [0.25, 0.3) is 0 Å². The van der Waals surface area contributed by atoms with E-state index < -0.39 is 5.41 Å². The molecule has 0 saturated heterocycles. The topological polar surface area (TPSA) is 35.5 Å². The van der Waals surface area contributed by atoms with Crippen molar-refractivity contribution in [2.45, 2.75) is 98.7 Å². The quantitative estimate of drug-likeness (QED) is 0.310. The second kappa shape index (κ2) is 9.36. The number of hydrogen-bond donors (Lipinski definition) is 0. The molecule has 0 heterocycles. The van der Waals surface area contributed by atoms with Crippen LogP contribution in [0.5, 0.6) is 0 Å². The molecule has 0 radical (unpaired) electrons. The average molecular weight is 479 g/mol. The molecule has 0 bridgehead atoms. The van der Waals surface area contributed by atoms with E-state index in [1.54, 1.807) is 0 Å². The van der Waals surface area contributed by atoms with Gasteiger partial charge in [0.1, 0.15) is 0 Å². The van der Waals surface area contributed by atoms with Crippen LogP contribution >= 0.6 is 0 Å². The highest BCUT2D eigenvalue weighted by Crippen LogP contribution is 2.67. The lowest BCUT2D eigenvalue weighted by Crippen LogP contribution is -2.53. The second-order valence-corrected chi connectivity index (χ2v) is 13.0. The predicted molar refractivity (Wildman–Crippen MR) is 141 cm³/mol. The van der Waals surface area contributed by atoms with Gasteiger partial charge in [0, 0.05) is 0 Å². The molecule has 5 rings (SSSR count). The molecule has 0 aromatic heterocycles. The molecule has 0 aliphatic heterocycles. The minimum Gasteiger partial charge on any atom is -0.465 e. The van der Waals surface area contributed by atoms with Crippen molar-refractivity contribution < 1.29 is 14.3 Å². The van der Waals surface area contributed by atoms with Crippen LogP contribution in [0.2, 0.25) is 0 Å². The van der Waals surface area contributed by atoms with Gasteiger partial charge >= 0.3 is 5.97 Å². The summed E-state index contributed by atoms with van der Waals surface area (Å²) < 4.78 is 12.0. The van der Waals surface area contributed by atoms with Gasteiger partial charge in [0.15, 0.2) is 0 Å². The molecule has 3 saturated carbocycles. The van der Waals surface area contributed by atoms with Gasteiger partial charge in [0.2, 0.25) is 0 Å². The first-order valence-electron chi connectivity index (χ1n) is 14.2. The standard InChI is InChI=1S/C32H46O3/c1-6-34-29(33)30(2,3)23-16-18-31(4)24(20-23)12-13-25-26-14-15-28(32(26,5)19-17-27(25)31)35-21-22-10-8-7-9-11-22/h7-11,16,24-28H,6,12-15,17-21H2,1-5H3/t24-,25-,26-,27-,28-,31-,32-/m0/s1. The molecular formula is C32H46O3. The van der Waals surface area contributed by atoms with Crippen LogP contribution in [-0.2, 0) is 20.9 Å². The number of fused-ring (bicyclic) bond motifs is 5. The van der Waals surface area contributed by atoms with E-state index in [0.29, 0.717) is 29.5 Å². The Balaban J connectivity index is 1.30. The molecule has 4 aliphatic carbocycles. The van der Waals surface area contributed by atoms with E-state index in [4.69, 9.17) is 9.47 Å². The highest BCUT2D eigenvalue weighted by Gasteiger charge is 2.60. The number of ether oxygens (including phenoxy) is 2. The summed E-state index contributed by atoms with van der Waals surface area (Å²) in [5, 5.41) is 0. The number of benzene rings is 1. The van der Waals surface area contributed by atoms with Gasteiger partial charge in [-0.2, -0.15) is 0 Å². The summed E-state index contributed by atoms with van der Waals surface area (Å²) in [7, 11) is 0. The zero-order chi connectivity index (χ0) is 24.8. The number of rotatable bonds is 6. The zero-order valence-corrected chi connectivity index (χ0v) is 22.6. The van der Waals surface area contributed by atoms with E-state index in [1.165, 1.54) is 49.7 Å². The summed E-state index contributed by atoms with van der Waals surface area (Å²) in [5.74, 6) is 3.04. The van der Waals surface area contributed by atoms with Gasteiger partial charge in [-0.1, -0.05) is 55.8 Å². The van der Waals surface area contributed by atoms with Crippen molar-refractivity contribution in [2.24, 2.45) is 39.9 Å². The van der Waals surface area contributed by atoms with E-state index >= 15 is 0 Å². The molecule has 0 unspecified atom stereocenters. The Labute approximate surface area is 213 Å². The number of carbonyl (C=O) groups is 1. The number of allylic oxidation sites excluding steroid dienone is 1. The Kier molecular flexibility index (Phi) is 6.70. The van der Waals surface area contributed by atoms with Crippen molar-refractivity contribution >= 4 is 5.97 Å². The molecule has 35 heavy (non-hydrogen) atoms. The molecule has 0 amide bonds. The summed E-state index contributed by atoms with van der Waals surface area (Å²) >= 11 is 0. The SMILES string of the molecule is CCOC(=O)C(C)(C)C1=CC[C@@]2(C)[C@@H](CC[C@@H]3[C@@H]2CC[C@]2(C)[C@@H](OCc4ccccc4)CC[C@@H]32)C1. The lowest BCUT2D eigenvalue weighted by molar-refractivity contribution is -0.152. The molecular weight excluding hydrogens is 432 g/mol. The van der Waals surface area contributed by atoms with E-state index in [1.807, 2.05) is 6.92 Å². The van der Waals surface area contributed by atoms with Crippen molar-refractivity contribution in [1.29, 1.82) is 0 Å². The predicted octanol–water partition coefficient (Wildman–Crippen LogP) is 7.74. The number of esters is 1. The van der Waals surface area contributed by atoms with Gasteiger partial charge in [-0.3, -0.25) is 4.79 Å². The van der Waals surface area contributed by atoms with Crippen LogP contribution in [0, 0.1) is 39.9 Å². The maximum Gasteiger partial charge on any atom is 0.315 e. The molecule has 0 N–H and O–H groups in total. The Morgan fingerprint density at radius 1 is 1.00 bits per heavy atom. The van der Waals surface area contributed by atoms with Crippen LogP contribution < -0.4 is 0 Å². The Morgan fingerprint density at radius 3 is 2.49 bits per heavy atom. The molecule has 3 fully saturated rings. The molecule has 3 heteroatoms. The fourth-order valence-electron chi connectivity index (χ4n) is 8.83. The molecule has 7 atom stereocenters. The van der Waals surface area contributed by atoms with Gasteiger partial charge < -0.3 is 9.47 Å². The number of hydrogen-bond acceptors (Lipinski definition) is 3. The Hall–Kier alpha value is -1.61. The third kappa shape index (κ3) is 4.20. The highest BCUT2D eigenvalue weighted by molar-refractivity contribution is 5.79. The third-order valence-corrected chi connectivity index (χ3v) is 11.1. The minimum atomic E-state index is -0.506. The maximum absolute atomic E-state index is 12.7. The first-order valence-corrected chi connectivity index (χ1v) is 14.2. The minimum absolute atomic E-state index is 0.0653. The van der Waals surface area contributed by atoms with Gasteiger partial charge in [-0.15, -0.1) is 0 Å². The van der Waals surface area contributed by atoms with Gasteiger partial charge in [0.25, 0.3) is 0 Å². The lowest BCUT2D eigenvalue weighted by Gasteiger charge is -2.60. The van der Waals surface area contributed by atoms with E-state index in [0.717, 1.165) is 37.2 Å². The van der Waals surface area contributed by atoms with Crippen molar-refractivity contribution in [3.8, 4) is 0 Å². The maximum atomic E-state index is 12.7. The van der Waals surface area contributed by atoms with E-state index in [2.05, 4.69) is 64.1 Å². The van der Waals surface area contributed by atoms with Crippen LogP contribution in [-0.4, -0.2) is 18.7 Å². The molecule has 192 valence electrons. The smallest absolute Gasteiger partial charge is 0.315 e. The fourth-order valence-corrected chi connectivity index (χ4v) is 8.83. The molecule has 0 spiro atoms. The monoisotopic (exact) mass is 478 g/mol. The molecule has 4 aliphatic rings. The van der Waals surface area contributed by atoms with Gasteiger partial charge in [-0.05, 0) is 112 Å². The first kappa shape index (κ1) is 25.1. The third-order valence-electron chi connectivity index (χ3n) is 11.1. The van der Waals surface area contributed by atoms with Crippen LogP contribution in [0.4, 0.5) is 0 Å². The summed E-state index contributed by atoms with van der Waals surface area (Å²) in [4.78, 5) is 12.7. The molecule has 3 nitrogen and oxygen atoms in total. The normalized spacial score (nSPS) is 38.7. The zero-order valence-electron chi connectivity index (χ0n) is 22.6. The van der Waals surface area contributed by atoms with Crippen molar-refractivity contribution in [3.63, 3.8) is 0 Å². The summed E-state index contributed by atoms with van der Waals surface area (Å²) in [6, 6.07) is 10.7. The van der Waals surface area contributed by atoms with Gasteiger partial charge in [-0.25, -0.2) is 0 Å². The first-order chi connectivity index (χ1) is 16.7. The second-order valence-electron chi connectivity index (χ2n) is 13.0. The highest BCUT2D eigenvalue weighted by atomic mass is 16.5. The van der Waals surface area contributed by atoms with Crippen molar-refractivity contribution in [3.05, 3.63) is 47.5 Å².